The van der Waals surface area contributed by atoms with Gasteiger partial charge in [0.05, 0.1) is 5.56 Å². The Hall–Kier alpha value is -2.62. The molecule has 1 amide bonds. The lowest BCUT2D eigenvalue weighted by Crippen LogP contribution is -2.27. The van der Waals surface area contributed by atoms with Crippen LogP contribution in [0.25, 0.3) is 11.1 Å². The van der Waals surface area contributed by atoms with Crippen LogP contribution in [0.1, 0.15) is 33.6 Å². The third kappa shape index (κ3) is 2.72. The number of hydrogen-bond donors (Lipinski definition) is 1. The highest BCUT2D eigenvalue weighted by Gasteiger charge is 2.20. The van der Waals surface area contributed by atoms with E-state index in [9.17, 15) is 14.7 Å². The minimum atomic E-state index is -0.966. The quantitative estimate of drug-likeness (QED) is 0.945. The van der Waals surface area contributed by atoms with E-state index in [-0.39, 0.29) is 11.5 Å². The Kier molecular flexibility index (Phi) is 3.92. The number of likely N-dealkylation sites (tertiary alicyclic amines) is 1. The van der Waals surface area contributed by atoms with E-state index in [0.29, 0.717) is 11.1 Å². The van der Waals surface area contributed by atoms with Gasteiger partial charge in [-0.2, -0.15) is 0 Å². The maximum atomic E-state index is 12.5. The Morgan fingerprint density at radius 1 is 0.955 bits per heavy atom. The van der Waals surface area contributed by atoms with E-state index in [1.807, 2.05) is 11.0 Å². The number of carboxylic acids is 1. The second-order valence-corrected chi connectivity index (χ2v) is 5.43. The number of rotatable bonds is 3. The molecule has 1 aliphatic rings. The molecule has 2 aromatic rings. The van der Waals surface area contributed by atoms with Crippen molar-refractivity contribution in [3.8, 4) is 11.1 Å². The molecule has 3 rings (SSSR count). The van der Waals surface area contributed by atoms with Gasteiger partial charge in [-0.05, 0) is 42.2 Å². The fourth-order valence-electron chi connectivity index (χ4n) is 2.84. The predicted octanol–water partition coefficient (Wildman–Crippen LogP) is 3.29. The fraction of sp³-hybridized carbons (Fsp3) is 0.222. The van der Waals surface area contributed by atoms with Crippen LogP contribution in [0.4, 0.5) is 0 Å². The average Bonchev–Trinajstić information content (AvgIpc) is 3.08. The first-order chi connectivity index (χ1) is 10.7. The summed E-state index contributed by atoms with van der Waals surface area (Å²) in [6.45, 7) is 1.60. The maximum absolute atomic E-state index is 12.5. The summed E-state index contributed by atoms with van der Waals surface area (Å²) < 4.78 is 0. The zero-order chi connectivity index (χ0) is 15.5. The van der Waals surface area contributed by atoms with Crippen LogP contribution in [0.3, 0.4) is 0 Å². The van der Waals surface area contributed by atoms with Crippen molar-refractivity contribution < 1.29 is 14.7 Å². The van der Waals surface area contributed by atoms with Gasteiger partial charge < -0.3 is 10.0 Å². The highest BCUT2D eigenvalue weighted by Crippen LogP contribution is 2.25. The Labute approximate surface area is 129 Å². The number of benzene rings is 2. The van der Waals surface area contributed by atoms with Crippen molar-refractivity contribution in [3.05, 3.63) is 59.7 Å². The fourth-order valence-corrected chi connectivity index (χ4v) is 2.84. The van der Waals surface area contributed by atoms with Gasteiger partial charge in [0.1, 0.15) is 0 Å². The summed E-state index contributed by atoms with van der Waals surface area (Å²) in [7, 11) is 0. The molecule has 0 aliphatic carbocycles. The number of amides is 1. The van der Waals surface area contributed by atoms with Crippen molar-refractivity contribution in [2.24, 2.45) is 0 Å². The molecule has 112 valence electrons. The Morgan fingerprint density at radius 3 is 2.41 bits per heavy atom. The van der Waals surface area contributed by atoms with Gasteiger partial charge in [0.2, 0.25) is 0 Å². The lowest BCUT2D eigenvalue weighted by Gasteiger charge is -2.16. The van der Waals surface area contributed by atoms with Crippen molar-refractivity contribution in [1.82, 2.24) is 4.90 Å². The van der Waals surface area contributed by atoms with E-state index in [1.54, 1.807) is 42.5 Å². The molecule has 4 heteroatoms. The first-order valence-corrected chi connectivity index (χ1v) is 7.39. The van der Waals surface area contributed by atoms with Crippen LogP contribution in [0.15, 0.2) is 48.5 Å². The summed E-state index contributed by atoms with van der Waals surface area (Å²) >= 11 is 0. The number of hydrogen-bond acceptors (Lipinski definition) is 2. The Bertz CT molecular complexity index is 718. The van der Waals surface area contributed by atoms with Gasteiger partial charge in [-0.1, -0.05) is 30.3 Å². The van der Waals surface area contributed by atoms with E-state index < -0.39 is 5.97 Å². The first-order valence-electron chi connectivity index (χ1n) is 7.39. The van der Waals surface area contributed by atoms with Gasteiger partial charge in [-0.15, -0.1) is 0 Å². The molecule has 0 spiro atoms. The molecule has 1 N–H and O–H groups in total. The molecule has 1 saturated heterocycles. The number of carbonyl (C=O) groups is 2. The van der Waals surface area contributed by atoms with E-state index in [2.05, 4.69) is 0 Å². The van der Waals surface area contributed by atoms with Crippen LogP contribution < -0.4 is 0 Å². The van der Waals surface area contributed by atoms with Gasteiger partial charge in [0.15, 0.2) is 0 Å². The highest BCUT2D eigenvalue weighted by molar-refractivity contribution is 5.98. The largest absolute Gasteiger partial charge is 0.478 e. The molecule has 1 aliphatic heterocycles. The van der Waals surface area contributed by atoms with Crippen molar-refractivity contribution in [2.75, 3.05) is 13.1 Å². The van der Waals surface area contributed by atoms with E-state index >= 15 is 0 Å². The monoisotopic (exact) mass is 295 g/mol. The number of aromatic carboxylic acids is 1. The van der Waals surface area contributed by atoms with Gasteiger partial charge in [0.25, 0.3) is 5.91 Å². The summed E-state index contributed by atoms with van der Waals surface area (Å²) in [6.07, 6.45) is 2.10. The minimum absolute atomic E-state index is 0.0205. The zero-order valence-electron chi connectivity index (χ0n) is 12.2. The Balaban J connectivity index is 1.98. The smallest absolute Gasteiger partial charge is 0.336 e. The molecular weight excluding hydrogens is 278 g/mol. The average molecular weight is 295 g/mol. The van der Waals surface area contributed by atoms with Crippen molar-refractivity contribution >= 4 is 11.9 Å². The topological polar surface area (TPSA) is 57.6 Å². The number of carbonyl (C=O) groups excluding carboxylic acids is 1. The Morgan fingerprint density at radius 2 is 1.68 bits per heavy atom. The van der Waals surface area contributed by atoms with Crippen LogP contribution in [0, 0.1) is 0 Å². The molecule has 0 atom stereocenters. The molecule has 2 aromatic carbocycles. The van der Waals surface area contributed by atoms with Crippen LogP contribution in [-0.2, 0) is 0 Å². The summed E-state index contributed by atoms with van der Waals surface area (Å²) in [6, 6.07) is 14.0. The lowest BCUT2D eigenvalue weighted by molar-refractivity contribution is 0.0697. The lowest BCUT2D eigenvalue weighted by atomic mass is 9.98. The zero-order valence-corrected chi connectivity index (χ0v) is 12.2. The van der Waals surface area contributed by atoms with Gasteiger partial charge in [0, 0.05) is 18.7 Å². The molecule has 4 nitrogen and oxygen atoms in total. The van der Waals surface area contributed by atoms with E-state index in [0.717, 1.165) is 31.5 Å². The SMILES string of the molecule is O=C(O)c1ccccc1-c1cccc(C(=O)N2CCCC2)c1. The first kappa shape index (κ1) is 14.3. The molecule has 1 heterocycles. The molecule has 0 unspecified atom stereocenters. The van der Waals surface area contributed by atoms with Crippen LogP contribution in [0.5, 0.6) is 0 Å². The van der Waals surface area contributed by atoms with Crippen LogP contribution in [0.2, 0.25) is 0 Å². The van der Waals surface area contributed by atoms with Crippen molar-refractivity contribution in [1.29, 1.82) is 0 Å². The second kappa shape index (κ2) is 6.02. The summed E-state index contributed by atoms with van der Waals surface area (Å²) in [4.78, 5) is 25.7. The van der Waals surface area contributed by atoms with Crippen LogP contribution in [-0.4, -0.2) is 35.0 Å². The third-order valence-corrected chi connectivity index (χ3v) is 3.97. The van der Waals surface area contributed by atoms with Crippen molar-refractivity contribution in [2.45, 2.75) is 12.8 Å². The molecule has 0 saturated carbocycles. The van der Waals surface area contributed by atoms with E-state index in [1.165, 1.54) is 0 Å². The minimum Gasteiger partial charge on any atom is -0.478 e. The van der Waals surface area contributed by atoms with Gasteiger partial charge in [-0.25, -0.2) is 4.79 Å². The summed E-state index contributed by atoms with van der Waals surface area (Å²) in [5.74, 6) is -0.945. The molecule has 0 bridgehead atoms. The number of carboxylic acid groups (broad SMARTS) is 1. The highest BCUT2D eigenvalue weighted by atomic mass is 16.4. The molecular formula is C18H17NO3. The van der Waals surface area contributed by atoms with Gasteiger partial charge in [-0.3, -0.25) is 4.79 Å². The molecule has 0 radical (unpaired) electrons. The third-order valence-electron chi connectivity index (χ3n) is 3.97. The van der Waals surface area contributed by atoms with Crippen molar-refractivity contribution in [3.63, 3.8) is 0 Å². The normalized spacial score (nSPS) is 14.1. The summed E-state index contributed by atoms with van der Waals surface area (Å²) in [5.41, 5.74) is 2.24. The number of nitrogens with zero attached hydrogens (tertiary/aromatic N) is 1. The summed E-state index contributed by atoms with van der Waals surface area (Å²) in [5, 5.41) is 9.30. The maximum Gasteiger partial charge on any atom is 0.336 e. The van der Waals surface area contributed by atoms with Crippen LogP contribution >= 0.6 is 0 Å². The van der Waals surface area contributed by atoms with Gasteiger partial charge >= 0.3 is 5.97 Å². The molecule has 22 heavy (non-hydrogen) atoms. The molecule has 0 aromatic heterocycles. The standard InChI is InChI=1S/C18H17NO3/c20-17(19-10-3-4-11-19)14-7-5-6-13(12-14)15-8-1-2-9-16(15)18(21)22/h1-2,5-9,12H,3-4,10-11H2,(H,21,22). The predicted molar refractivity (Wildman–Crippen MR) is 84.0 cm³/mol. The van der Waals surface area contributed by atoms with E-state index in [4.69, 9.17) is 0 Å². The second-order valence-electron chi connectivity index (χ2n) is 5.43. The molecule has 1 fully saturated rings.